The molecule has 0 bridgehead atoms. The van der Waals surface area contributed by atoms with Gasteiger partial charge in [0.25, 0.3) is 0 Å². The van der Waals surface area contributed by atoms with Crippen molar-refractivity contribution in [2.75, 3.05) is 39.2 Å². The van der Waals surface area contributed by atoms with E-state index in [9.17, 15) is 0 Å². The van der Waals surface area contributed by atoms with Gasteiger partial charge >= 0.3 is 0 Å². The second-order valence-corrected chi connectivity index (χ2v) is 7.25. The van der Waals surface area contributed by atoms with Gasteiger partial charge in [0.05, 0.1) is 5.69 Å². The number of ether oxygens (including phenoxy) is 4. The fraction of sp³-hybridized carbons (Fsp3) is 0.240. The molecule has 0 atom stereocenters. The van der Waals surface area contributed by atoms with Crippen LogP contribution in [0.4, 0.5) is 5.69 Å². The van der Waals surface area contributed by atoms with Crippen molar-refractivity contribution in [2.24, 2.45) is 0 Å². The number of nitrogens with zero attached hydrogens (tertiary/aromatic N) is 2. The average Bonchev–Trinajstić information content (AvgIpc) is 3.28. The van der Waals surface area contributed by atoms with Crippen LogP contribution in [0.1, 0.15) is 16.8 Å². The van der Waals surface area contributed by atoms with Crippen molar-refractivity contribution < 1.29 is 18.9 Å². The van der Waals surface area contributed by atoms with Gasteiger partial charge in [-0.15, -0.1) is 0 Å². The van der Waals surface area contributed by atoms with Gasteiger partial charge in [-0.2, -0.15) is 0 Å². The monoisotopic (exact) mass is 418 g/mol. The zero-order valence-corrected chi connectivity index (χ0v) is 17.8. The van der Waals surface area contributed by atoms with E-state index in [2.05, 4.69) is 35.1 Å². The first kappa shape index (κ1) is 20.8. The summed E-state index contributed by atoms with van der Waals surface area (Å²) in [4.78, 5) is 6.70. The molecule has 0 radical (unpaired) electrons. The lowest BCUT2D eigenvalue weighted by Crippen LogP contribution is -2.20. The third kappa shape index (κ3) is 5.55. The Balaban J connectivity index is 1.35. The van der Waals surface area contributed by atoms with E-state index in [1.165, 1.54) is 5.56 Å². The van der Waals surface area contributed by atoms with Crippen molar-refractivity contribution in [3.05, 3.63) is 77.6 Å². The van der Waals surface area contributed by atoms with Crippen molar-refractivity contribution in [1.82, 2.24) is 4.98 Å². The Kier molecular flexibility index (Phi) is 6.69. The summed E-state index contributed by atoms with van der Waals surface area (Å²) in [5.41, 5.74) is 4.34. The Bertz CT molecular complexity index is 1030. The van der Waals surface area contributed by atoms with Crippen LogP contribution >= 0.6 is 0 Å². The summed E-state index contributed by atoms with van der Waals surface area (Å²) in [6.07, 6.45) is 6.81. The van der Waals surface area contributed by atoms with Gasteiger partial charge in [0, 0.05) is 32.6 Å². The lowest BCUT2D eigenvalue weighted by molar-refractivity contribution is 0.0511. The van der Waals surface area contributed by atoms with Gasteiger partial charge in [0.15, 0.2) is 18.3 Å². The van der Waals surface area contributed by atoms with Crippen LogP contribution in [0, 0.1) is 0 Å². The van der Waals surface area contributed by atoms with Crippen LogP contribution in [0.3, 0.4) is 0 Å². The highest BCUT2D eigenvalue weighted by molar-refractivity contribution is 5.69. The Morgan fingerprint density at radius 1 is 1.00 bits per heavy atom. The molecule has 1 aliphatic heterocycles. The van der Waals surface area contributed by atoms with Crippen molar-refractivity contribution in [3.8, 4) is 17.2 Å². The van der Waals surface area contributed by atoms with E-state index in [1.807, 2.05) is 54.7 Å². The van der Waals surface area contributed by atoms with Gasteiger partial charge in [-0.3, -0.25) is 4.98 Å². The number of rotatable bonds is 9. The van der Waals surface area contributed by atoms with Crippen molar-refractivity contribution in [1.29, 1.82) is 0 Å². The summed E-state index contributed by atoms with van der Waals surface area (Å²) in [5, 5.41) is 0. The number of fused-ring (bicyclic) bond motifs is 1. The molecule has 3 aromatic rings. The van der Waals surface area contributed by atoms with Gasteiger partial charge in [-0.1, -0.05) is 24.3 Å². The minimum Gasteiger partial charge on any atom is -0.468 e. The summed E-state index contributed by atoms with van der Waals surface area (Å²) >= 11 is 0. The van der Waals surface area contributed by atoms with Crippen LogP contribution in [0.15, 0.2) is 60.8 Å². The minimum atomic E-state index is 0.244. The molecule has 31 heavy (non-hydrogen) atoms. The first-order valence-corrected chi connectivity index (χ1v) is 10.2. The summed E-state index contributed by atoms with van der Waals surface area (Å²) in [6.45, 7) is 1.43. The van der Waals surface area contributed by atoms with Gasteiger partial charge in [0.1, 0.15) is 5.75 Å². The highest BCUT2D eigenvalue weighted by Gasteiger charge is 2.13. The topological polar surface area (TPSA) is 53.1 Å². The van der Waals surface area contributed by atoms with E-state index in [1.54, 1.807) is 7.11 Å². The third-order valence-corrected chi connectivity index (χ3v) is 5.05. The second-order valence-electron chi connectivity index (χ2n) is 7.25. The summed E-state index contributed by atoms with van der Waals surface area (Å²) < 4.78 is 21.2. The molecule has 0 saturated carbocycles. The fourth-order valence-corrected chi connectivity index (χ4v) is 3.27. The molecule has 160 valence electrons. The van der Waals surface area contributed by atoms with E-state index < -0.39 is 0 Å². The molecule has 0 unspecified atom stereocenters. The SMILES string of the molecule is COCOc1ccc(/C=C/c2cc(N(C)CCc3ccc4c(c3)OCO4)ccn2)cc1. The minimum absolute atomic E-state index is 0.244. The smallest absolute Gasteiger partial charge is 0.231 e. The molecule has 2 heterocycles. The molecule has 0 saturated heterocycles. The molecule has 0 aliphatic carbocycles. The van der Waals surface area contributed by atoms with Crippen LogP contribution in [0.2, 0.25) is 0 Å². The molecule has 0 spiro atoms. The van der Waals surface area contributed by atoms with Crippen molar-refractivity contribution in [2.45, 2.75) is 6.42 Å². The molecule has 1 aromatic heterocycles. The number of hydrogen-bond donors (Lipinski definition) is 0. The number of anilines is 1. The number of methoxy groups -OCH3 is 1. The van der Waals surface area contributed by atoms with Gasteiger partial charge < -0.3 is 23.8 Å². The first-order valence-electron chi connectivity index (χ1n) is 10.2. The molecule has 6 nitrogen and oxygen atoms in total. The molecule has 0 amide bonds. The predicted octanol–water partition coefficient (Wildman–Crippen LogP) is 4.64. The highest BCUT2D eigenvalue weighted by atomic mass is 16.7. The average molecular weight is 418 g/mol. The van der Waals surface area contributed by atoms with E-state index >= 15 is 0 Å². The predicted molar refractivity (Wildman–Crippen MR) is 122 cm³/mol. The molecule has 0 N–H and O–H groups in total. The first-order chi connectivity index (χ1) is 15.2. The molecule has 1 aliphatic rings. The zero-order valence-electron chi connectivity index (χ0n) is 17.8. The molecular formula is C25H26N2O4. The zero-order chi connectivity index (χ0) is 21.5. The number of hydrogen-bond acceptors (Lipinski definition) is 6. The van der Waals surface area contributed by atoms with Crippen LogP contribution < -0.4 is 19.1 Å². The normalized spacial score (nSPS) is 12.3. The molecule has 0 fully saturated rings. The Morgan fingerprint density at radius 2 is 1.84 bits per heavy atom. The number of benzene rings is 2. The van der Waals surface area contributed by atoms with E-state index in [0.29, 0.717) is 6.79 Å². The Labute approximate surface area is 182 Å². The maximum Gasteiger partial charge on any atom is 0.231 e. The Hall–Kier alpha value is -3.51. The molecule has 4 rings (SSSR count). The second kappa shape index (κ2) is 10.00. The van der Waals surface area contributed by atoms with E-state index in [0.717, 1.165) is 47.2 Å². The molecular weight excluding hydrogens is 392 g/mol. The quantitative estimate of drug-likeness (QED) is 0.472. The van der Waals surface area contributed by atoms with Crippen LogP contribution in [0.25, 0.3) is 12.2 Å². The van der Waals surface area contributed by atoms with Crippen LogP contribution in [-0.2, 0) is 11.2 Å². The fourth-order valence-electron chi connectivity index (χ4n) is 3.27. The molecule has 6 heteroatoms. The highest BCUT2D eigenvalue weighted by Crippen LogP contribution is 2.32. The van der Waals surface area contributed by atoms with Crippen molar-refractivity contribution in [3.63, 3.8) is 0 Å². The number of likely N-dealkylation sites (N-methyl/N-ethyl adjacent to an activating group) is 1. The lowest BCUT2D eigenvalue weighted by atomic mass is 10.1. The standard InChI is InChI=1S/C25H26N2O4/c1-27(14-12-20-6-10-24-25(15-20)31-18-30-24)22-11-13-26-21(16-22)7-3-19-4-8-23(9-5-19)29-17-28-2/h3-11,13,15-16H,12,14,17-18H2,1-2H3/b7-3+. The maximum absolute atomic E-state index is 5.47. The summed E-state index contributed by atoms with van der Waals surface area (Å²) in [7, 11) is 3.70. The van der Waals surface area contributed by atoms with Gasteiger partial charge in [0.2, 0.25) is 6.79 Å². The summed E-state index contributed by atoms with van der Waals surface area (Å²) in [5.74, 6) is 2.43. The van der Waals surface area contributed by atoms with Crippen LogP contribution in [-0.4, -0.2) is 39.3 Å². The van der Waals surface area contributed by atoms with E-state index in [4.69, 9.17) is 18.9 Å². The van der Waals surface area contributed by atoms with Gasteiger partial charge in [-0.05, 0) is 60.0 Å². The van der Waals surface area contributed by atoms with Crippen LogP contribution in [0.5, 0.6) is 17.2 Å². The third-order valence-electron chi connectivity index (χ3n) is 5.05. The van der Waals surface area contributed by atoms with Crippen molar-refractivity contribution >= 4 is 17.8 Å². The lowest BCUT2D eigenvalue weighted by Gasteiger charge is -2.19. The summed E-state index contributed by atoms with van der Waals surface area (Å²) in [6, 6.07) is 18.1. The molecule has 2 aromatic carbocycles. The maximum atomic E-state index is 5.47. The largest absolute Gasteiger partial charge is 0.468 e. The van der Waals surface area contributed by atoms with Gasteiger partial charge in [-0.25, -0.2) is 0 Å². The van der Waals surface area contributed by atoms with E-state index in [-0.39, 0.29) is 6.79 Å². The number of aromatic nitrogens is 1. The number of pyridine rings is 1. The Morgan fingerprint density at radius 3 is 2.68 bits per heavy atom.